The lowest BCUT2D eigenvalue weighted by atomic mass is 10.1. The van der Waals surface area contributed by atoms with Crippen LogP contribution in [0.2, 0.25) is 0 Å². The van der Waals surface area contributed by atoms with Crippen LogP contribution in [0.4, 0.5) is 0 Å². The van der Waals surface area contributed by atoms with Gasteiger partial charge in [-0.3, -0.25) is 4.79 Å². The number of aromatic hydroxyl groups is 2. The Labute approximate surface area is 139 Å². The monoisotopic (exact) mass is 331 g/mol. The molecular formula is C17H21N3O4. The molecule has 7 nitrogen and oxygen atoms in total. The SMILES string of the molecule is Cc1ccc(C(=O)N2CCC[C@H]2c2noc(C(C)C)n2)c(O)c1O. The third-order valence-corrected chi connectivity index (χ3v) is 4.35. The van der Waals surface area contributed by atoms with Gasteiger partial charge in [-0.1, -0.05) is 25.1 Å². The van der Waals surface area contributed by atoms with Gasteiger partial charge in [0.2, 0.25) is 5.89 Å². The van der Waals surface area contributed by atoms with Crippen molar-refractivity contribution in [1.29, 1.82) is 0 Å². The van der Waals surface area contributed by atoms with Crippen LogP contribution >= 0.6 is 0 Å². The molecular weight excluding hydrogens is 310 g/mol. The number of rotatable bonds is 3. The van der Waals surface area contributed by atoms with Crippen LogP contribution in [0.15, 0.2) is 16.7 Å². The third kappa shape index (κ3) is 2.70. The molecule has 0 bridgehead atoms. The molecule has 1 saturated heterocycles. The van der Waals surface area contributed by atoms with Gasteiger partial charge in [-0.2, -0.15) is 4.98 Å². The minimum absolute atomic E-state index is 0.0811. The second-order valence-electron chi connectivity index (χ2n) is 6.43. The van der Waals surface area contributed by atoms with E-state index in [1.54, 1.807) is 17.9 Å². The first-order chi connectivity index (χ1) is 11.4. The average molecular weight is 331 g/mol. The van der Waals surface area contributed by atoms with Crippen molar-refractivity contribution >= 4 is 5.91 Å². The van der Waals surface area contributed by atoms with Crippen LogP contribution in [0.1, 0.15) is 66.3 Å². The number of phenols is 2. The second kappa shape index (κ2) is 6.14. The molecule has 1 fully saturated rings. The number of amides is 1. The number of carbonyl (C=O) groups excluding carboxylic acids is 1. The zero-order chi connectivity index (χ0) is 17.4. The van der Waals surface area contributed by atoms with Gasteiger partial charge in [-0.25, -0.2) is 0 Å². The molecule has 1 amide bonds. The number of benzene rings is 1. The predicted molar refractivity (Wildman–Crippen MR) is 85.9 cm³/mol. The lowest BCUT2D eigenvalue weighted by Crippen LogP contribution is -2.31. The summed E-state index contributed by atoms with van der Waals surface area (Å²) in [6.45, 7) is 6.13. The highest BCUT2D eigenvalue weighted by molar-refractivity contribution is 5.98. The van der Waals surface area contributed by atoms with Crippen molar-refractivity contribution in [3.8, 4) is 11.5 Å². The Morgan fingerprint density at radius 1 is 1.33 bits per heavy atom. The molecule has 0 unspecified atom stereocenters. The molecule has 1 aliphatic rings. The molecule has 24 heavy (non-hydrogen) atoms. The molecule has 0 saturated carbocycles. The van der Waals surface area contributed by atoms with Gasteiger partial charge >= 0.3 is 0 Å². The summed E-state index contributed by atoms with van der Waals surface area (Å²) in [4.78, 5) is 18.8. The van der Waals surface area contributed by atoms with Crippen LogP contribution in [0.3, 0.4) is 0 Å². The Kier molecular flexibility index (Phi) is 4.17. The van der Waals surface area contributed by atoms with Crippen LogP contribution in [0.5, 0.6) is 11.5 Å². The Morgan fingerprint density at radius 3 is 2.75 bits per heavy atom. The summed E-state index contributed by atoms with van der Waals surface area (Å²) in [5, 5.41) is 24.0. The quantitative estimate of drug-likeness (QED) is 0.839. The van der Waals surface area contributed by atoms with Crippen LogP contribution in [-0.2, 0) is 0 Å². The number of hydrogen-bond acceptors (Lipinski definition) is 6. The van der Waals surface area contributed by atoms with E-state index in [0.717, 1.165) is 12.8 Å². The molecule has 2 N–H and O–H groups in total. The highest BCUT2D eigenvalue weighted by atomic mass is 16.5. The summed E-state index contributed by atoms with van der Waals surface area (Å²) in [6.07, 6.45) is 1.56. The summed E-state index contributed by atoms with van der Waals surface area (Å²) >= 11 is 0. The van der Waals surface area contributed by atoms with E-state index < -0.39 is 0 Å². The van der Waals surface area contributed by atoms with Crippen molar-refractivity contribution in [2.45, 2.75) is 45.6 Å². The molecule has 128 valence electrons. The van der Waals surface area contributed by atoms with Crippen molar-refractivity contribution in [3.05, 3.63) is 35.0 Å². The fraction of sp³-hybridized carbons (Fsp3) is 0.471. The largest absolute Gasteiger partial charge is 0.504 e. The highest BCUT2D eigenvalue weighted by Gasteiger charge is 2.35. The number of nitrogens with zero attached hydrogens (tertiary/aromatic N) is 3. The van der Waals surface area contributed by atoms with E-state index in [9.17, 15) is 15.0 Å². The maximum absolute atomic E-state index is 12.8. The number of aromatic nitrogens is 2. The van der Waals surface area contributed by atoms with E-state index in [1.165, 1.54) is 6.07 Å². The van der Waals surface area contributed by atoms with Gasteiger partial charge in [0.15, 0.2) is 17.3 Å². The number of phenolic OH excluding ortho intramolecular Hbond substituents is 2. The van der Waals surface area contributed by atoms with Gasteiger partial charge in [0.05, 0.1) is 11.6 Å². The summed E-state index contributed by atoms with van der Waals surface area (Å²) in [5.74, 6) is 0.150. The molecule has 1 aromatic heterocycles. The zero-order valence-electron chi connectivity index (χ0n) is 14.0. The first-order valence-corrected chi connectivity index (χ1v) is 8.06. The van der Waals surface area contributed by atoms with E-state index in [2.05, 4.69) is 10.1 Å². The van der Waals surface area contributed by atoms with Crippen molar-refractivity contribution in [1.82, 2.24) is 15.0 Å². The lowest BCUT2D eigenvalue weighted by Gasteiger charge is -2.23. The van der Waals surface area contributed by atoms with Crippen LogP contribution in [-0.4, -0.2) is 37.7 Å². The minimum atomic E-state index is -0.387. The molecule has 1 aromatic carbocycles. The molecule has 2 aromatic rings. The van der Waals surface area contributed by atoms with E-state index in [0.29, 0.717) is 23.8 Å². The van der Waals surface area contributed by atoms with Crippen molar-refractivity contribution < 1.29 is 19.5 Å². The van der Waals surface area contributed by atoms with Crippen molar-refractivity contribution in [2.75, 3.05) is 6.54 Å². The van der Waals surface area contributed by atoms with Crippen LogP contribution in [0.25, 0.3) is 0 Å². The zero-order valence-corrected chi connectivity index (χ0v) is 14.0. The maximum Gasteiger partial charge on any atom is 0.258 e. The Morgan fingerprint density at radius 2 is 2.08 bits per heavy atom. The molecule has 0 radical (unpaired) electrons. The lowest BCUT2D eigenvalue weighted by molar-refractivity contribution is 0.0724. The number of carbonyl (C=O) groups is 1. The van der Waals surface area contributed by atoms with E-state index >= 15 is 0 Å². The molecule has 1 aliphatic heterocycles. The topological polar surface area (TPSA) is 99.7 Å². The molecule has 0 aliphatic carbocycles. The van der Waals surface area contributed by atoms with Gasteiger partial charge < -0.3 is 19.6 Å². The van der Waals surface area contributed by atoms with Crippen molar-refractivity contribution in [3.63, 3.8) is 0 Å². The summed E-state index contributed by atoms with van der Waals surface area (Å²) in [5.41, 5.74) is 0.597. The summed E-state index contributed by atoms with van der Waals surface area (Å²) in [7, 11) is 0. The first-order valence-electron chi connectivity index (χ1n) is 8.06. The molecule has 2 heterocycles. The Balaban J connectivity index is 1.90. The maximum atomic E-state index is 12.8. The van der Waals surface area contributed by atoms with Crippen molar-refractivity contribution in [2.24, 2.45) is 0 Å². The summed E-state index contributed by atoms with van der Waals surface area (Å²) in [6, 6.07) is 2.85. The molecule has 7 heteroatoms. The fourth-order valence-corrected chi connectivity index (χ4v) is 2.90. The molecule has 3 rings (SSSR count). The van der Waals surface area contributed by atoms with Gasteiger partial charge in [0.1, 0.15) is 0 Å². The second-order valence-corrected chi connectivity index (χ2v) is 6.43. The minimum Gasteiger partial charge on any atom is -0.504 e. The van der Waals surface area contributed by atoms with Crippen LogP contribution in [0, 0.1) is 6.92 Å². The average Bonchev–Trinajstić information content (AvgIpc) is 3.20. The predicted octanol–water partition coefficient (Wildman–Crippen LogP) is 2.89. The molecule has 0 spiro atoms. The van der Waals surface area contributed by atoms with Gasteiger partial charge in [-0.15, -0.1) is 0 Å². The molecule has 1 atom stereocenters. The number of hydrogen-bond donors (Lipinski definition) is 2. The standard InChI is InChI=1S/C17H21N3O4/c1-9(2)16-18-15(19-24-16)12-5-4-8-20(12)17(23)11-7-6-10(3)13(21)14(11)22/h6-7,9,12,21-22H,4-5,8H2,1-3H3/t12-/m0/s1. The van der Waals surface area contributed by atoms with E-state index in [1.807, 2.05) is 13.8 Å². The van der Waals surface area contributed by atoms with Gasteiger partial charge in [0, 0.05) is 12.5 Å². The van der Waals surface area contributed by atoms with E-state index in [4.69, 9.17) is 4.52 Å². The van der Waals surface area contributed by atoms with Gasteiger partial charge in [-0.05, 0) is 31.4 Å². The Bertz CT molecular complexity index is 769. The first kappa shape index (κ1) is 16.3. The fourth-order valence-electron chi connectivity index (χ4n) is 2.90. The summed E-state index contributed by atoms with van der Waals surface area (Å²) < 4.78 is 5.24. The highest BCUT2D eigenvalue weighted by Crippen LogP contribution is 2.37. The Hall–Kier alpha value is -2.57. The smallest absolute Gasteiger partial charge is 0.258 e. The van der Waals surface area contributed by atoms with Crippen LogP contribution < -0.4 is 0 Å². The van der Waals surface area contributed by atoms with Gasteiger partial charge in [0.25, 0.3) is 5.91 Å². The number of likely N-dealkylation sites (tertiary alicyclic amines) is 1. The normalized spacial score (nSPS) is 17.7. The number of aryl methyl sites for hydroxylation is 1. The third-order valence-electron chi connectivity index (χ3n) is 4.35. The van der Waals surface area contributed by atoms with E-state index in [-0.39, 0.29) is 34.9 Å².